The van der Waals surface area contributed by atoms with Crippen LogP contribution in [0.5, 0.6) is 0 Å². The normalized spacial score (nSPS) is 27.3. The third-order valence-corrected chi connectivity index (χ3v) is 13.0. The summed E-state index contributed by atoms with van der Waals surface area (Å²) in [5, 5.41) is 86.7. The number of amides is 1. The maximum atomic E-state index is 13.2. The van der Waals surface area contributed by atoms with Crippen LogP contribution in [0.2, 0.25) is 0 Å². The first-order valence-corrected chi connectivity index (χ1v) is 25.9. The fourth-order valence-electron chi connectivity index (χ4n) is 8.70. The van der Waals surface area contributed by atoms with Crippen molar-refractivity contribution in [2.75, 3.05) is 19.8 Å². The standard InChI is InChI=1S/C50H95NO13/c1-3-5-7-9-11-13-15-17-18-19-20-22-24-26-28-30-32-34-42(55)51-38(39(54)33-31-29-27-25-23-21-16-14-12-10-8-6-4-2)37-61-49-47(60)45(58)48(41(36-53)63-49)64-50-46(59)44(57)43(56)40(35-52)62-50/h31,33,38-41,43-50,52-54,56-60H,3-30,32,34-37H2,1-2H3,(H,51,55)/b33-31+/t38-,39+,40+,41+,43-,44-,45+,46+,47?,48+,49+,50-/m0/s1. The molecular weight excluding hydrogens is 823 g/mol. The minimum Gasteiger partial charge on any atom is -0.394 e. The average molecular weight is 918 g/mol. The van der Waals surface area contributed by atoms with E-state index in [-0.39, 0.29) is 18.9 Å². The number of carbonyl (C=O) groups is 1. The summed E-state index contributed by atoms with van der Waals surface area (Å²) in [4.78, 5) is 13.2. The Kier molecular flexibility index (Phi) is 34.7. The van der Waals surface area contributed by atoms with E-state index in [1.807, 2.05) is 6.08 Å². The Hall–Kier alpha value is -1.27. The molecule has 9 N–H and O–H groups in total. The minimum absolute atomic E-state index is 0.237. The maximum Gasteiger partial charge on any atom is 0.220 e. The van der Waals surface area contributed by atoms with Gasteiger partial charge in [0.2, 0.25) is 5.91 Å². The van der Waals surface area contributed by atoms with Crippen LogP contribution < -0.4 is 5.32 Å². The second-order valence-corrected chi connectivity index (χ2v) is 18.7. The van der Waals surface area contributed by atoms with Crippen molar-refractivity contribution in [2.45, 2.75) is 280 Å². The van der Waals surface area contributed by atoms with Crippen molar-refractivity contribution >= 4 is 5.91 Å². The molecule has 14 nitrogen and oxygen atoms in total. The highest BCUT2D eigenvalue weighted by Gasteiger charge is 2.51. The minimum atomic E-state index is -1.78. The Morgan fingerprint density at radius 3 is 1.44 bits per heavy atom. The van der Waals surface area contributed by atoms with Gasteiger partial charge in [-0.2, -0.15) is 0 Å². The molecule has 378 valence electrons. The summed E-state index contributed by atoms with van der Waals surface area (Å²) in [5.74, 6) is -0.237. The summed E-state index contributed by atoms with van der Waals surface area (Å²) in [6, 6.07) is -0.907. The molecule has 64 heavy (non-hydrogen) atoms. The van der Waals surface area contributed by atoms with E-state index in [4.69, 9.17) is 18.9 Å². The number of nitrogens with one attached hydrogen (secondary N) is 1. The monoisotopic (exact) mass is 918 g/mol. The van der Waals surface area contributed by atoms with Crippen molar-refractivity contribution in [3.63, 3.8) is 0 Å². The molecule has 2 rings (SSSR count). The van der Waals surface area contributed by atoms with E-state index in [9.17, 15) is 45.6 Å². The highest BCUT2D eigenvalue weighted by atomic mass is 16.7. The van der Waals surface area contributed by atoms with Gasteiger partial charge in [-0.1, -0.05) is 193 Å². The Morgan fingerprint density at radius 1 is 0.547 bits per heavy atom. The van der Waals surface area contributed by atoms with Gasteiger partial charge in [-0.15, -0.1) is 0 Å². The summed E-state index contributed by atoms with van der Waals surface area (Å²) in [6.45, 7) is 2.79. The lowest BCUT2D eigenvalue weighted by molar-refractivity contribution is -0.359. The van der Waals surface area contributed by atoms with Crippen LogP contribution in [-0.4, -0.2) is 140 Å². The molecule has 12 atom stereocenters. The van der Waals surface area contributed by atoms with E-state index < -0.39 is 86.8 Å². The molecule has 0 aromatic carbocycles. The van der Waals surface area contributed by atoms with E-state index in [0.717, 1.165) is 38.5 Å². The molecule has 2 heterocycles. The number of unbranched alkanes of at least 4 members (excludes halogenated alkanes) is 27. The maximum absolute atomic E-state index is 13.2. The fraction of sp³-hybridized carbons (Fsp3) is 0.940. The molecule has 2 fully saturated rings. The van der Waals surface area contributed by atoms with Crippen molar-refractivity contribution in [1.29, 1.82) is 0 Å². The molecule has 0 aromatic rings. The van der Waals surface area contributed by atoms with E-state index in [2.05, 4.69) is 19.2 Å². The smallest absolute Gasteiger partial charge is 0.220 e. The zero-order chi connectivity index (χ0) is 46.8. The Balaban J connectivity index is 1.83. The van der Waals surface area contributed by atoms with Gasteiger partial charge in [0.25, 0.3) is 0 Å². The zero-order valence-electron chi connectivity index (χ0n) is 40.0. The quantitative estimate of drug-likeness (QED) is 0.0229. The highest BCUT2D eigenvalue weighted by Crippen LogP contribution is 2.30. The van der Waals surface area contributed by atoms with Gasteiger partial charge >= 0.3 is 0 Å². The first-order valence-electron chi connectivity index (χ1n) is 25.9. The number of hydrogen-bond acceptors (Lipinski definition) is 13. The Morgan fingerprint density at radius 2 is 0.969 bits per heavy atom. The Bertz CT molecular complexity index is 1130. The number of aliphatic hydroxyl groups excluding tert-OH is 8. The van der Waals surface area contributed by atoms with Crippen molar-refractivity contribution < 1.29 is 64.6 Å². The molecular formula is C50H95NO13. The van der Waals surface area contributed by atoms with Crippen molar-refractivity contribution in [3.05, 3.63) is 12.2 Å². The van der Waals surface area contributed by atoms with Crippen LogP contribution in [0.4, 0.5) is 0 Å². The van der Waals surface area contributed by atoms with E-state index in [0.29, 0.717) is 6.42 Å². The first kappa shape index (κ1) is 58.9. The van der Waals surface area contributed by atoms with Crippen LogP contribution in [0.15, 0.2) is 12.2 Å². The molecule has 0 spiro atoms. The van der Waals surface area contributed by atoms with Crippen molar-refractivity contribution in [2.24, 2.45) is 0 Å². The molecule has 2 aliphatic heterocycles. The summed E-state index contributed by atoms with van der Waals surface area (Å²) < 4.78 is 22.7. The second kappa shape index (κ2) is 37.7. The van der Waals surface area contributed by atoms with E-state index in [1.54, 1.807) is 6.08 Å². The van der Waals surface area contributed by atoms with Gasteiger partial charge in [-0.05, 0) is 19.3 Å². The number of ether oxygens (including phenoxy) is 4. The van der Waals surface area contributed by atoms with Gasteiger partial charge in [0.05, 0.1) is 32.0 Å². The predicted molar refractivity (Wildman–Crippen MR) is 249 cm³/mol. The van der Waals surface area contributed by atoms with Crippen molar-refractivity contribution in [3.8, 4) is 0 Å². The van der Waals surface area contributed by atoms with Crippen LogP contribution in [0, 0.1) is 0 Å². The molecule has 2 saturated heterocycles. The molecule has 2 aliphatic rings. The molecule has 0 bridgehead atoms. The summed E-state index contributed by atoms with van der Waals surface area (Å²) in [5.41, 5.74) is 0. The van der Waals surface area contributed by atoms with Gasteiger partial charge in [0.15, 0.2) is 12.6 Å². The third-order valence-electron chi connectivity index (χ3n) is 13.0. The van der Waals surface area contributed by atoms with E-state index >= 15 is 0 Å². The SMILES string of the molecule is CCCCCCCCCCCCC/C=C/[C@@H](O)[C@H](CO[C@@H]1O[C@H](CO)[C@@H](O[C@@H]2O[C@H](CO)[C@H](O)[C@H](O)[C@H]2O)[C@H](O)C1O)NC(=O)CCCCCCCCCCCCCCCCCCC. The van der Waals surface area contributed by atoms with Gasteiger partial charge in [0.1, 0.15) is 48.8 Å². The molecule has 1 amide bonds. The number of allylic oxidation sites excluding steroid dienone is 1. The van der Waals surface area contributed by atoms with Gasteiger partial charge in [-0.25, -0.2) is 0 Å². The fourth-order valence-corrected chi connectivity index (χ4v) is 8.70. The van der Waals surface area contributed by atoms with Crippen LogP contribution in [0.3, 0.4) is 0 Å². The van der Waals surface area contributed by atoms with Crippen LogP contribution in [0.25, 0.3) is 0 Å². The molecule has 1 unspecified atom stereocenters. The van der Waals surface area contributed by atoms with Gasteiger partial charge in [-0.3, -0.25) is 4.79 Å². The molecule has 0 saturated carbocycles. The van der Waals surface area contributed by atoms with Crippen LogP contribution in [-0.2, 0) is 23.7 Å². The van der Waals surface area contributed by atoms with Crippen LogP contribution >= 0.6 is 0 Å². The van der Waals surface area contributed by atoms with Crippen LogP contribution in [0.1, 0.15) is 206 Å². The summed E-state index contributed by atoms with van der Waals surface area (Å²) >= 11 is 0. The molecule has 0 radical (unpaired) electrons. The molecule has 0 aliphatic carbocycles. The number of rotatable bonds is 40. The third kappa shape index (κ3) is 24.7. The topological polar surface area (TPSA) is 228 Å². The summed E-state index contributed by atoms with van der Waals surface area (Å²) in [7, 11) is 0. The van der Waals surface area contributed by atoms with Gasteiger partial charge < -0.3 is 65.1 Å². The Labute approximate surface area is 386 Å². The highest BCUT2D eigenvalue weighted by molar-refractivity contribution is 5.76. The average Bonchev–Trinajstić information content (AvgIpc) is 3.29. The number of hydrogen-bond donors (Lipinski definition) is 9. The lowest BCUT2D eigenvalue weighted by Crippen LogP contribution is -2.65. The van der Waals surface area contributed by atoms with Gasteiger partial charge in [0, 0.05) is 6.42 Å². The van der Waals surface area contributed by atoms with E-state index in [1.165, 1.54) is 141 Å². The largest absolute Gasteiger partial charge is 0.394 e. The lowest BCUT2D eigenvalue weighted by atomic mass is 9.97. The summed E-state index contributed by atoms with van der Waals surface area (Å²) in [6.07, 6.45) is 22.5. The molecule has 14 heteroatoms. The lowest BCUT2D eigenvalue weighted by Gasteiger charge is -2.46. The second-order valence-electron chi connectivity index (χ2n) is 18.7. The first-order chi connectivity index (χ1) is 31.1. The molecule has 0 aromatic heterocycles. The van der Waals surface area contributed by atoms with Crippen molar-refractivity contribution in [1.82, 2.24) is 5.32 Å². The number of carbonyl (C=O) groups excluding carboxylic acids is 1. The number of aliphatic hydroxyl groups is 8. The zero-order valence-corrected chi connectivity index (χ0v) is 40.0. The predicted octanol–water partition coefficient (Wildman–Crippen LogP) is 6.77.